The van der Waals surface area contributed by atoms with Gasteiger partial charge in [0.2, 0.25) is 0 Å². The van der Waals surface area contributed by atoms with Gasteiger partial charge in [0.15, 0.2) is 5.67 Å². The molecule has 0 aromatic rings. The van der Waals surface area contributed by atoms with Gasteiger partial charge in [0.25, 0.3) is 0 Å². The molecule has 2 N–H and O–H groups in total. The van der Waals surface area contributed by atoms with E-state index in [2.05, 4.69) is 0 Å². The predicted octanol–water partition coefficient (Wildman–Crippen LogP) is 1.58. The average molecular weight is 229 g/mol. The van der Waals surface area contributed by atoms with Crippen LogP contribution >= 0.6 is 11.6 Å². The second-order valence-electron chi connectivity index (χ2n) is 2.94. The standard InChI is InChI=1S/C8H8ClF3O2/c9-7-4(2-13)8(12,3-14)6(11)1-5(7)10/h1,4,13-14H,2-3H2. The van der Waals surface area contributed by atoms with Crippen LogP contribution in [0.2, 0.25) is 0 Å². The Balaban J connectivity index is 3.19. The molecule has 80 valence electrons. The molecule has 1 aliphatic carbocycles. The molecule has 0 aliphatic heterocycles. The fraction of sp³-hybridized carbons (Fsp3) is 0.500. The highest BCUT2D eigenvalue weighted by Gasteiger charge is 2.48. The number of halogens is 4. The molecule has 0 fully saturated rings. The fourth-order valence-electron chi connectivity index (χ4n) is 1.24. The quantitative estimate of drug-likeness (QED) is 0.754. The highest BCUT2D eigenvalue weighted by atomic mass is 35.5. The van der Waals surface area contributed by atoms with E-state index in [1.165, 1.54) is 0 Å². The van der Waals surface area contributed by atoms with E-state index >= 15 is 0 Å². The first kappa shape index (κ1) is 11.6. The monoisotopic (exact) mass is 228 g/mol. The maximum absolute atomic E-state index is 13.6. The van der Waals surface area contributed by atoms with E-state index in [0.717, 1.165) is 0 Å². The minimum absolute atomic E-state index is 0.269. The van der Waals surface area contributed by atoms with Crippen LogP contribution in [0.5, 0.6) is 0 Å². The van der Waals surface area contributed by atoms with Gasteiger partial charge in [-0.2, -0.15) is 0 Å². The van der Waals surface area contributed by atoms with Crippen molar-refractivity contribution in [2.75, 3.05) is 13.2 Å². The number of aliphatic hydroxyl groups is 2. The topological polar surface area (TPSA) is 40.5 Å². The Hall–Kier alpha value is -0.520. The summed E-state index contributed by atoms with van der Waals surface area (Å²) in [5.74, 6) is -4.20. The lowest BCUT2D eigenvalue weighted by Gasteiger charge is -2.31. The number of alkyl halides is 1. The molecule has 0 saturated carbocycles. The van der Waals surface area contributed by atoms with Gasteiger partial charge in [-0.3, -0.25) is 0 Å². The highest BCUT2D eigenvalue weighted by molar-refractivity contribution is 6.30. The fourth-order valence-corrected chi connectivity index (χ4v) is 1.54. The van der Waals surface area contributed by atoms with Crippen LogP contribution in [0.4, 0.5) is 13.2 Å². The van der Waals surface area contributed by atoms with Gasteiger partial charge < -0.3 is 10.2 Å². The second kappa shape index (κ2) is 3.92. The molecule has 2 atom stereocenters. The van der Waals surface area contributed by atoms with E-state index < -0.39 is 41.5 Å². The van der Waals surface area contributed by atoms with Crippen LogP contribution in [0.3, 0.4) is 0 Å². The van der Waals surface area contributed by atoms with Crippen molar-refractivity contribution in [2.24, 2.45) is 5.92 Å². The van der Waals surface area contributed by atoms with Crippen molar-refractivity contribution >= 4 is 11.6 Å². The van der Waals surface area contributed by atoms with E-state index in [1.807, 2.05) is 0 Å². The summed E-state index contributed by atoms with van der Waals surface area (Å²) in [5.41, 5.74) is -2.83. The van der Waals surface area contributed by atoms with Gasteiger partial charge in [-0.1, -0.05) is 11.6 Å². The lowest BCUT2D eigenvalue weighted by atomic mass is 9.85. The number of hydrogen-bond donors (Lipinski definition) is 2. The molecule has 6 heteroatoms. The Kier molecular flexibility index (Phi) is 3.24. The molecule has 1 rings (SSSR count). The van der Waals surface area contributed by atoms with Gasteiger partial charge in [-0.15, -0.1) is 0 Å². The predicted molar refractivity (Wildman–Crippen MR) is 44.7 cm³/mol. The molecule has 14 heavy (non-hydrogen) atoms. The van der Waals surface area contributed by atoms with Crippen molar-refractivity contribution in [3.63, 3.8) is 0 Å². The minimum Gasteiger partial charge on any atom is -0.396 e. The van der Waals surface area contributed by atoms with Crippen LogP contribution in [0.25, 0.3) is 0 Å². The SMILES string of the molecule is OCC1C(Cl)=C(F)C=C(F)C1(F)CO. The normalized spacial score (nSPS) is 33.3. The Morgan fingerprint density at radius 1 is 1.43 bits per heavy atom. The first-order valence-corrected chi connectivity index (χ1v) is 4.18. The summed E-state index contributed by atoms with van der Waals surface area (Å²) >= 11 is 5.34. The van der Waals surface area contributed by atoms with Crippen molar-refractivity contribution in [3.05, 3.63) is 22.8 Å². The first-order chi connectivity index (χ1) is 6.47. The summed E-state index contributed by atoms with van der Waals surface area (Å²) < 4.78 is 39.4. The lowest BCUT2D eigenvalue weighted by molar-refractivity contribution is 0.0185. The molecular weight excluding hydrogens is 221 g/mol. The van der Waals surface area contributed by atoms with Crippen molar-refractivity contribution in [1.29, 1.82) is 0 Å². The van der Waals surface area contributed by atoms with Crippen LogP contribution in [-0.4, -0.2) is 29.1 Å². The van der Waals surface area contributed by atoms with E-state index in [9.17, 15) is 13.2 Å². The number of allylic oxidation sites excluding steroid dienone is 2. The van der Waals surface area contributed by atoms with Crippen LogP contribution in [0, 0.1) is 5.92 Å². The third-order valence-corrected chi connectivity index (χ3v) is 2.59. The largest absolute Gasteiger partial charge is 0.396 e. The Morgan fingerprint density at radius 2 is 2.00 bits per heavy atom. The van der Waals surface area contributed by atoms with Gasteiger partial charge >= 0.3 is 0 Å². The summed E-state index contributed by atoms with van der Waals surface area (Å²) in [6.07, 6.45) is 0.269. The third kappa shape index (κ3) is 1.55. The number of aliphatic hydroxyl groups excluding tert-OH is 2. The summed E-state index contributed by atoms with van der Waals surface area (Å²) in [5, 5.41) is 16.8. The van der Waals surface area contributed by atoms with Gasteiger partial charge in [0.1, 0.15) is 11.7 Å². The van der Waals surface area contributed by atoms with E-state index in [1.54, 1.807) is 0 Å². The highest BCUT2D eigenvalue weighted by Crippen LogP contribution is 2.43. The zero-order chi connectivity index (χ0) is 10.9. The molecule has 0 heterocycles. The average Bonchev–Trinajstić information content (AvgIpc) is 2.16. The molecule has 0 spiro atoms. The molecule has 0 bridgehead atoms. The molecule has 0 aromatic heterocycles. The molecule has 2 nitrogen and oxygen atoms in total. The first-order valence-electron chi connectivity index (χ1n) is 3.80. The van der Waals surface area contributed by atoms with Crippen LogP contribution in [0.1, 0.15) is 0 Å². The summed E-state index contributed by atoms with van der Waals surface area (Å²) in [7, 11) is 0. The Morgan fingerprint density at radius 3 is 2.43 bits per heavy atom. The lowest BCUT2D eigenvalue weighted by Crippen LogP contribution is -2.42. The van der Waals surface area contributed by atoms with Crippen LogP contribution in [0.15, 0.2) is 22.8 Å². The Bertz CT molecular complexity index is 303. The van der Waals surface area contributed by atoms with Crippen molar-refractivity contribution < 1.29 is 23.4 Å². The maximum atomic E-state index is 13.6. The van der Waals surface area contributed by atoms with Gasteiger partial charge in [0.05, 0.1) is 24.2 Å². The van der Waals surface area contributed by atoms with E-state index in [4.69, 9.17) is 21.8 Å². The second-order valence-corrected chi connectivity index (χ2v) is 3.35. The zero-order valence-corrected chi connectivity index (χ0v) is 7.73. The molecule has 0 saturated heterocycles. The zero-order valence-electron chi connectivity index (χ0n) is 6.98. The van der Waals surface area contributed by atoms with Gasteiger partial charge in [0, 0.05) is 6.08 Å². The van der Waals surface area contributed by atoms with Crippen molar-refractivity contribution in [3.8, 4) is 0 Å². The molecule has 1 aliphatic rings. The minimum atomic E-state index is -2.83. The Labute approximate surface area is 83.3 Å². The van der Waals surface area contributed by atoms with Crippen LogP contribution < -0.4 is 0 Å². The van der Waals surface area contributed by atoms with Crippen molar-refractivity contribution in [2.45, 2.75) is 5.67 Å². The smallest absolute Gasteiger partial charge is 0.194 e. The van der Waals surface area contributed by atoms with E-state index in [0.29, 0.717) is 0 Å². The molecular formula is C8H8ClF3O2. The maximum Gasteiger partial charge on any atom is 0.194 e. The van der Waals surface area contributed by atoms with Gasteiger partial charge in [-0.25, -0.2) is 13.2 Å². The molecule has 0 aromatic carbocycles. The van der Waals surface area contributed by atoms with Crippen LogP contribution in [-0.2, 0) is 0 Å². The molecule has 2 unspecified atom stereocenters. The van der Waals surface area contributed by atoms with Gasteiger partial charge in [-0.05, 0) is 0 Å². The molecule has 0 amide bonds. The summed E-state index contributed by atoms with van der Waals surface area (Å²) in [4.78, 5) is 0. The third-order valence-electron chi connectivity index (χ3n) is 2.15. The summed E-state index contributed by atoms with van der Waals surface area (Å²) in [6, 6.07) is 0. The summed E-state index contributed by atoms with van der Waals surface area (Å²) in [6.45, 7) is -2.09. The number of hydrogen-bond acceptors (Lipinski definition) is 2. The van der Waals surface area contributed by atoms with Crippen molar-refractivity contribution in [1.82, 2.24) is 0 Å². The number of rotatable bonds is 2. The molecule has 0 radical (unpaired) electrons. The van der Waals surface area contributed by atoms with E-state index in [-0.39, 0.29) is 6.08 Å².